The largest absolute Gasteiger partial charge is 0.478 e. The van der Waals surface area contributed by atoms with E-state index in [1.54, 1.807) is 12.1 Å². The third-order valence-electron chi connectivity index (χ3n) is 5.72. The van der Waals surface area contributed by atoms with Crippen molar-refractivity contribution in [2.24, 2.45) is 11.8 Å². The minimum atomic E-state index is -0.838. The minimum Gasteiger partial charge on any atom is -0.478 e. The van der Waals surface area contributed by atoms with Crippen molar-refractivity contribution in [1.29, 1.82) is 0 Å². The summed E-state index contributed by atoms with van der Waals surface area (Å²) in [6.45, 7) is 2.28. The Balaban J connectivity index is 1.60. The van der Waals surface area contributed by atoms with Crippen molar-refractivity contribution in [2.45, 2.75) is 84.0 Å². The number of benzene rings is 1. The molecule has 0 saturated heterocycles. The number of hydrogen-bond acceptors (Lipinski definition) is 1. The summed E-state index contributed by atoms with van der Waals surface area (Å²) in [6.07, 6.45) is 16.5. The molecule has 0 atom stereocenters. The van der Waals surface area contributed by atoms with Gasteiger partial charge in [-0.3, -0.25) is 0 Å². The van der Waals surface area contributed by atoms with Gasteiger partial charge in [-0.2, -0.15) is 0 Å². The van der Waals surface area contributed by atoms with E-state index in [1.807, 2.05) is 12.1 Å². The zero-order valence-corrected chi connectivity index (χ0v) is 15.3. The number of rotatable bonds is 10. The summed E-state index contributed by atoms with van der Waals surface area (Å²) >= 11 is 0. The zero-order valence-electron chi connectivity index (χ0n) is 15.3. The second kappa shape index (κ2) is 10.5. The highest BCUT2D eigenvalue weighted by Gasteiger charge is 2.20. The summed E-state index contributed by atoms with van der Waals surface area (Å²) in [7, 11) is 0. The van der Waals surface area contributed by atoms with Gasteiger partial charge in [0.25, 0.3) is 0 Å². The highest BCUT2D eigenvalue weighted by atomic mass is 16.4. The Kier molecular flexibility index (Phi) is 8.35. The van der Waals surface area contributed by atoms with Crippen molar-refractivity contribution in [3.05, 3.63) is 35.4 Å². The number of hydrogen-bond donors (Lipinski definition) is 1. The van der Waals surface area contributed by atoms with Gasteiger partial charge in [-0.25, -0.2) is 4.79 Å². The molecule has 1 fully saturated rings. The van der Waals surface area contributed by atoms with E-state index in [0.717, 1.165) is 18.3 Å². The van der Waals surface area contributed by atoms with Crippen LogP contribution >= 0.6 is 0 Å². The fourth-order valence-electron chi connectivity index (χ4n) is 4.03. The van der Waals surface area contributed by atoms with Crippen LogP contribution in [0.3, 0.4) is 0 Å². The number of carboxylic acid groups (broad SMARTS) is 1. The van der Waals surface area contributed by atoms with Gasteiger partial charge in [0.15, 0.2) is 0 Å². The first-order chi connectivity index (χ1) is 11.7. The molecule has 2 nitrogen and oxygen atoms in total. The molecule has 1 aromatic rings. The van der Waals surface area contributed by atoms with Crippen molar-refractivity contribution in [3.63, 3.8) is 0 Å². The molecule has 0 bridgehead atoms. The van der Waals surface area contributed by atoms with Gasteiger partial charge in [0, 0.05) is 0 Å². The van der Waals surface area contributed by atoms with E-state index in [-0.39, 0.29) is 0 Å². The molecule has 1 aliphatic rings. The van der Waals surface area contributed by atoms with Crippen LogP contribution in [0.1, 0.15) is 93.5 Å². The fraction of sp³-hybridized carbons (Fsp3) is 0.682. The van der Waals surface area contributed by atoms with E-state index in [4.69, 9.17) is 5.11 Å². The van der Waals surface area contributed by atoms with E-state index in [1.165, 1.54) is 76.2 Å². The Hall–Kier alpha value is -1.31. The quantitative estimate of drug-likeness (QED) is 0.498. The molecule has 2 heteroatoms. The average Bonchev–Trinajstić information content (AvgIpc) is 2.61. The van der Waals surface area contributed by atoms with E-state index < -0.39 is 5.97 Å². The first-order valence-electron chi connectivity index (χ1n) is 10.0. The topological polar surface area (TPSA) is 37.3 Å². The molecule has 1 saturated carbocycles. The van der Waals surface area contributed by atoms with Crippen molar-refractivity contribution < 1.29 is 9.90 Å². The summed E-state index contributed by atoms with van der Waals surface area (Å²) in [4.78, 5) is 10.9. The van der Waals surface area contributed by atoms with Crippen LogP contribution in [0.5, 0.6) is 0 Å². The summed E-state index contributed by atoms with van der Waals surface area (Å²) < 4.78 is 0. The van der Waals surface area contributed by atoms with E-state index in [2.05, 4.69) is 6.92 Å². The lowest BCUT2D eigenvalue weighted by molar-refractivity contribution is 0.0697. The molecule has 0 aromatic heterocycles. The minimum absolute atomic E-state index is 0.387. The third kappa shape index (κ3) is 6.67. The van der Waals surface area contributed by atoms with Crippen LogP contribution in [0, 0.1) is 11.8 Å². The van der Waals surface area contributed by atoms with Gasteiger partial charge in [0.1, 0.15) is 0 Å². The Morgan fingerprint density at radius 3 is 2.08 bits per heavy atom. The first kappa shape index (κ1) is 19.0. The maximum absolute atomic E-state index is 10.9. The molecule has 1 N–H and O–H groups in total. The SMILES string of the molecule is CCCCCCCC1CCC(CCc2ccc(C(=O)O)cc2)CC1. The van der Waals surface area contributed by atoms with E-state index >= 15 is 0 Å². The van der Waals surface area contributed by atoms with Crippen molar-refractivity contribution in [1.82, 2.24) is 0 Å². The molecule has 0 aliphatic heterocycles. The molecular weight excluding hydrogens is 296 g/mol. The molecule has 134 valence electrons. The average molecular weight is 331 g/mol. The fourth-order valence-corrected chi connectivity index (χ4v) is 4.03. The molecule has 1 aliphatic carbocycles. The Morgan fingerprint density at radius 2 is 1.50 bits per heavy atom. The smallest absolute Gasteiger partial charge is 0.335 e. The zero-order chi connectivity index (χ0) is 17.2. The van der Waals surface area contributed by atoms with Crippen molar-refractivity contribution in [3.8, 4) is 0 Å². The molecule has 0 heterocycles. The van der Waals surface area contributed by atoms with Crippen molar-refractivity contribution >= 4 is 5.97 Å². The van der Waals surface area contributed by atoms with Crippen LogP contribution in [0.4, 0.5) is 0 Å². The van der Waals surface area contributed by atoms with Crippen LogP contribution in [0.25, 0.3) is 0 Å². The lowest BCUT2D eigenvalue weighted by atomic mass is 9.77. The molecule has 0 unspecified atom stereocenters. The van der Waals surface area contributed by atoms with Crippen LogP contribution in [-0.4, -0.2) is 11.1 Å². The normalized spacial score (nSPS) is 20.9. The van der Waals surface area contributed by atoms with Gasteiger partial charge in [-0.05, 0) is 42.4 Å². The molecule has 0 radical (unpaired) electrons. The Morgan fingerprint density at radius 1 is 0.917 bits per heavy atom. The van der Waals surface area contributed by atoms with Crippen LogP contribution < -0.4 is 0 Å². The lowest BCUT2D eigenvalue weighted by Gasteiger charge is -2.28. The molecule has 2 rings (SSSR count). The standard InChI is InChI=1S/C22H34O2/c1-2-3-4-5-6-7-18-8-10-19(11-9-18)12-13-20-14-16-21(17-15-20)22(23)24/h14-19H,2-13H2,1H3,(H,23,24). The molecule has 0 amide bonds. The van der Waals surface area contributed by atoms with Gasteiger partial charge in [0.05, 0.1) is 5.56 Å². The van der Waals surface area contributed by atoms with Crippen molar-refractivity contribution in [2.75, 3.05) is 0 Å². The number of carbonyl (C=O) groups is 1. The molecular formula is C22H34O2. The summed E-state index contributed by atoms with van der Waals surface area (Å²) in [6, 6.07) is 7.41. The lowest BCUT2D eigenvalue weighted by Crippen LogP contribution is -2.15. The Labute approximate surface area is 147 Å². The monoisotopic (exact) mass is 330 g/mol. The van der Waals surface area contributed by atoms with Gasteiger partial charge < -0.3 is 5.11 Å². The molecule has 1 aromatic carbocycles. The third-order valence-corrected chi connectivity index (χ3v) is 5.72. The van der Waals surface area contributed by atoms with Gasteiger partial charge in [0.2, 0.25) is 0 Å². The Bertz CT molecular complexity index is 469. The number of carboxylic acids is 1. The van der Waals surface area contributed by atoms with Crippen LogP contribution in [0.2, 0.25) is 0 Å². The van der Waals surface area contributed by atoms with E-state index in [0.29, 0.717) is 5.56 Å². The number of unbranched alkanes of at least 4 members (excludes halogenated alkanes) is 4. The molecule has 24 heavy (non-hydrogen) atoms. The second-order valence-corrected chi connectivity index (χ2v) is 7.63. The number of aryl methyl sites for hydroxylation is 1. The predicted molar refractivity (Wildman–Crippen MR) is 101 cm³/mol. The number of aromatic carboxylic acids is 1. The first-order valence-corrected chi connectivity index (χ1v) is 10.0. The highest BCUT2D eigenvalue weighted by Crippen LogP contribution is 2.34. The summed E-state index contributed by atoms with van der Waals surface area (Å²) in [5, 5.41) is 8.94. The maximum atomic E-state index is 10.9. The highest BCUT2D eigenvalue weighted by molar-refractivity contribution is 5.87. The van der Waals surface area contributed by atoms with Gasteiger partial charge in [-0.1, -0.05) is 83.3 Å². The van der Waals surface area contributed by atoms with E-state index in [9.17, 15) is 4.79 Å². The maximum Gasteiger partial charge on any atom is 0.335 e. The second-order valence-electron chi connectivity index (χ2n) is 7.63. The van der Waals surface area contributed by atoms with Gasteiger partial charge >= 0.3 is 5.97 Å². The van der Waals surface area contributed by atoms with Crippen LogP contribution in [0.15, 0.2) is 24.3 Å². The van der Waals surface area contributed by atoms with Crippen LogP contribution in [-0.2, 0) is 6.42 Å². The predicted octanol–water partition coefficient (Wildman–Crippen LogP) is 6.48. The van der Waals surface area contributed by atoms with Gasteiger partial charge in [-0.15, -0.1) is 0 Å². The molecule has 0 spiro atoms. The summed E-state index contributed by atoms with van der Waals surface area (Å²) in [5.41, 5.74) is 1.66. The summed E-state index contributed by atoms with van der Waals surface area (Å²) in [5.74, 6) is 1.02.